The molecule has 7 nitrogen and oxygen atoms in total. The minimum absolute atomic E-state index is 0.0806. The monoisotopic (exact) mass is 577 g/mol. The number of esters is 1. The van der Waals surface area contributed by atoms with E-state index in [0.717, 1.165) is 34.0 Å². The maximum Gasteiger partial charge on any atom is 0.354 e. The lowest BCUT2D eigenvalue weighted by Crippen LogP contribution is -2.41. The van der Waals surface area contributed by atoms with Crippen LogP contribution in [0.15, 0.2) is 24.5 Å². The second-order valence-electron chi connectivity index (χ2n) is 11.1. The zero-order chi connectivity index (χ0) is 28.3. The van der Waals surface area contributed by atoms with Gasteiger partial charge in [-0.1, -0.05) is 50.2 Å². The van der Waals surface area contributed by atoms with Gasteiger partial charge in [-0.3, -0.25) is 9.48 Å². The van der Waals surface area contributed by atoms with Crippen molar-refractivity contribution in [1.82, 2.24) is 14.3 Å². The third-order valence-corrected chi connectivity index (χ3v) is 13.1. The number of carbonyl (C=O) groups excluding carboxylic acids is 2. The van der Waals surface area contributed by atoms with Crippen LogP contribution in [0.3, 0.4) is 0 Å². The Morgan fingerprint density at radius 1 is 1.18 bits per heavy atom. The van der Waals surface area contributed by atoms with Gasteiger partial charge in [0.15, 0.2) is 13.4 Å². The van der Waals surface area contributed by atoms with Crippen LogP contribution in [-0.4, -0.2) is 53.2 Å². The SMILES string of the molecule is COC(=O)c1c(CCCO[Si](C)(C)C(C)(C)C)c2ccc(Cl)c(-c3cnn(C)c3)c2n1CCCSC(C)=O. The van der Waals surface area contributed by atoms with Gasteiger partial charge >= 0.3 is 5.97 Å². The van der Waals surface area contributed by atoms with Crippen molar-refractivity contribution in [2.75, 3.05) is 19.5 Å². The van der Waals surface area contributed by atoms with Crippen molar-refractivity contribution >= 4 is 53.7 Å². The fourth-order valence-electron chi connectivity index (χ4n) is 4.36. The van der Waals surface area contributed by atoms with Gasteiger partial charge in [0.1, 0.15) is 5.69 Å². The van der Waals surface area contributed by atoms with E-state index in [4.69, 9.17) is 20.8 Å². The number of aromatic nitrogens is 3. The number of halogens is 1. The Morgan fingerprint density at radius 2 is 1.89 bits per heavy atom. The van der Waals surface area contributed by atoms with E-state index in [2.05, 4.69) is 39.0 Å². The van der Waals surface area contributed by atoms with E-state index in [9.17, 15) is 9.59 Å². The maximum absolute atomic E-state index is 13.2. The Morgan fingerprint density at radius 3 is 2.47 bits per heavy atom. The van der Waals surface area contributed by atoms with Crippen LogP contribution >= 0.6 is 23.4 Å². The van der Waals surface area contributed by atoms with E-state index >= 15 is 0 Å². The molecule has 2 heterocycles. The second-order valence-corrected chi connectivity index (χ2v) is 17.6. The van der Waals surface area contributed by atoms with E-state index in [-0.39, 0.29) is 16.1 Å². The van der Waals surface area contributed by atoms with E-state index in [0.29, 0.717) is 42.5 Å². The number of ether oxygens (including phenoxy) is 1. The molecule has 0 saturated carbocycles. The van der Waals surface area contributed by atoms with Crippen molar-refractivity contribution in [2.45, 2.75) is 71.6 Å². The highest BCUT2D eigenvalue weighted by molar-refractivity contribution is 8.13. The van der Waals surface area contributed by atoms with Crippen molar-refractivity contribution in [1.29, 1.82) is 0 Å². The fourth-order valence-corrected chi connectivity index (χ4v) is 6.27. The summed E-state index contributed by atoms with van der Waals surface area (Å²) in [4.78, 5) is 24.8. The van der Waals surface area contributed by atoms with Crippen molar-refractivity contribution in [3.63, 3.8) is 0 Å². The largest absolute Gasteiger partial charge is 0.464 e. The predicted octanol–water partition coefficient (Wildman–Crippen LogP) is 7.11. The van der Waals surface area contributed by atoms with Gasteiger partial charge in [-0.15, -0.1) is 0 Å². The number of thioether (sulfide) groups is 1. The molecule has 0 radical (unpaired) electrons. The quantitative estimate of drug-likeness (QED) is 0.137. The number of methoxy groups -OCH3 is 1. The number of carbonyl (C=O) groups is 2. The van der Waals surface area contributed by atoms with Crippen LogP contribution in [0.5, 0.6) is 0 Å². The predicted molar refractivity (Wildman–Crippen MR) is 160 cm³/mol. The summed E-state index contributed by atoms with van der Waals surface area (Å²) in [5.74, 6) is 0.280. The second kappa shape index (κ2) is 12.4. The van der Waals surface area contributed by atoms with Crippen molar-refractivity contribution in [2.24, 2.45) is 7.05 Å². The highest BCUT2D eigenvalue weighted by Gasteiger charge is 2.37. The number of hydrogen-bond donors (Lipinski definition) is 0. The standard InChI is InChI=1S/C28H40ClN3O4SSi/c1-19(33)37-16-10-14-32-25-22(12-13-23(29)24(25)20-17-30-31(5)18-20)21(26(32)27(34)35-6)11-9-15-36-38(7,8)28(2,3)4/h12-13,17-18H,9-11,14-16H2,1-8H3. The van der Waals surface area contributed by atoms with Crippen molar-refractivity contribution < 1.29 is 18.8 Å². The van der Waals surface area contributed by atoms with Crippen LogP contribution < -0.4 is 0 Å². The van der Waals surface area contributed by atoms with E-state index in [1.807, 2.05) is 29.9 Å². The minimum atomic E-state index is -1.88. The van der Waals surface area contributed by atoms with Gasteiger partial charge in [-0.05, 0) is 49.0 Å². The third kappa shape index (κ3) is 6.73. The Hall–Kier alpha value is -2.07. The molecule has 3 rings (SSSR count). The van der Waals surface area contributed by atoms with E-state index < -0.39 is 8.32 Å². The first-order valence-electron chi connectivity index (χ1n) is 13.0. The molecule has 10 heteroatoms. The van der Waals surface area contributed by atoms with Crippen molar-refractivity contribution in [3.05, 3.63) is 40.8 Å². The lowest BCUT2D eigenvalue weighted by Gasteiger charge is -2.36. The number of rotatable bonds is 11. The third-order valence-electron chi connectivity index (χ3n) is 7.32. The van der Waals surface area contributed by atoms with Crippen LogP contribution in [0.1, 0.15) is 56.6 Å². The molecule has 0 unspecified atom stereocenters. The van der Waals surface area contributed by atoms with Gasteiger partial charge in [-0.2, -0.15) is 5.10 Å². The number of nitrogens with zero attached hydrogens (tertiary/aromatic N) is 3. The molecule has 0 fully saturated rings. The summed E-state index contributed by atoms with van der Waals surface area (Å²) in [6.07, 6.45) is 5.87. The van der Waals surface area contributed by atoms with Crippen molar-refractivity contribution in [3.8, 4) is 11.1 Å². The fraction of sp³-hybridized carbons (Fsp3) is 0.536. The molecule has 0 atom stereocenters. The Balaban J connectivity index is 2.10. The average molecular weight is 578 g/mol. The summed E-state index contributed by atoms with van der Waals surface area (Å²) in [7, 11) is 1.40. The topological polar surface area (TPSA) is 75.3 Å². The van der Waals surface area contributed by atoms with Gasteiger partial charge in [0.2, 0.25) is 0 Å². The molecular formula is C28H40ClN3O4SSi. The molecule has 0 aliphatic rings. The number of hydrogen-bond acceptors (Lipinski definition) is 6. The van der Waals surface area contributed by atoms with E-state index in [1.165, 1.54) is 18.9 Å². The molecule has 0 N–H and O–H groups in total. The average Bonchev–Trinajstić information content (AvgIpc) is 3.39. The van der Waals surface area contributed by atoms with Gasteiger partial charge in [0, 0.05) is 55.6 Å². The Labute approximate surface area is 236 Å². The van der Waals surface area contributed by atoms with Gasteiger partial charge < -0.3 is 13.7 Å². The van der Waals surface area contributed by atoms with Gasteiger partial charge in [0.25, 0.3) is 0 Å². The maximum atomic E-state index is 13.2. The highest BCUT2D eigenvalue weighted by atomic mass is 35.5. The smallest absolute Gasteiger partial charge is 0.354 e. The molecule has 0 aliphatic heterocycles. The minimum Gasteiger partial charge on any atom is -0.464 e. The molecule has 0 saturated heterocycles. The number of benzene rings is 1. The van der Waals surface area contributed by atoms with Crippen LogP contribution in [-0.2, 0) is 34.0 Å². The zero-order valence-electron chi connectivity index (χ0n) is 23.8. The molecule has 3 aromatic rings. The Kier molecular flexibility index (Phi) is 9.95. The summed E-state index contributed by atoms with van der Waals surface area (Å²) in [5.41, 5.74) is 4.08. The molecule has 0 spiro atoms. The molecule has 38 heavy (non-hydrogen) atoms. The summed E-state index contributed by atoms with van der Waals surface area (Å²) in [5, 5.41) is 6.13. The summed E-state index contributed by atoms with van der Waals surface area (Å²) in [6, 6.07) is 3.88. The normalized spacial score (nSPS) is 12.3. The molecule has 0 amide bonds. The molecular weight excluding hydrogens is 538 g/mol. The van der Waals surface area contributed by atoms with Crippen LogP contribution in [0.2, 0.25) is 23.2 Å². The lowest BCUT2D eigenvalue weighted by molar-refractivity contribution is -0.109. The lowest BCUT2D eigenvalue weighted by atomic mass is 10.0. The summed E-state index contributed by atoms with van der Waals surface area (Å²) >= 11 is 8.08. The number of fused-ring (bicyclic) bond motifs is 1. The number of aryl methyl sites for hydroxylation is 3. The summed E-state index contributed by atoms with van der Waals surface area (Å²) < 4.78 is 15.5. The first kappa shape index (κ1) is 30.5. The van der Waals surface area contributed by atoms with Crippen LogP contribution in [0.25, 0.3) is 22.0 Å². The molecule has 208 valence electrons. The summed E-state index contributed by atoms with van der Waals surface area (Å²) in [6.45, 7) is 13.9. The molecule has 1 aromatic carbocycles. The molecule has 0 bridgehead atoms. The first-order chi connectivity index (χ1) is 17.8. The van der Waals surface area contributed by atoms with Crippen LogP contribution in [0, 0.1) is 0 Å². The van der Waals surface area contributed by atoms with E-state index in [1.54, 1.807) is 17.8 Å². The molecule has 0 aliphatic carbocycles. The molecule has 2 aromatic heterocycles. The Bertz CT molecular complexity index is 1310. The van der Waals surface area contributed by atoms with Crippen LogP contribution in [0.4, 0.5) is 0 Å². The van der Waals surface area contributed by atoms with Gasteiger partial charge in [-0.25, -0.2) is 4.79 Å². The highest BCUT2D eigenvalue weighted by Crippen LogP contribution is 2.40. The van der Waals surface area contributed by atoms with Gasteiger partial charge in [0.05, 0.1) is 23.8 Å². The first-order valence-corrected chi connectivity index (χ1v) is 17.2. The zero-order valence-corrected chi connectivity index (χ0v) is 26.4.